The number of aliphatic imine (C=N–C) groups is 1. The molecule has 1 fully saturated rings. The molecule has 0 amide bonds. The number of hydrogen-bond donors (Lipinski definition) is 2. The van der Waals surface area contributed by atoms with Crippen LogP contribution in [-0.2, 0) is 6.54 Å². The van der Waals surface area contributed by atoms with Gasteiger partial charge in [0.25, 0.3) is 0 Å². The first kappa shape index (κ1) is 17.1. The van der Waals surface area contributed by atoms with E-state index in [1.165, 1.54) is 0 Å². The Morgan fingerprint density at radius 3 is 2.77 bits per heavy atom. The normalized spacial score (nSPS) is 17.5. The number of aliphatic hydroxyl groups is 1. The Hall–Kier alpha value is -1.26. The number of nitrogens with zero attached hydrogens (tertiary/aromatic N) is 2. The summed E-state index contributed by atoms with van der Waals surface area (Å²) in [5.74, 6) is 0.822. The lowest BCUT2D eigenvalue weighted by molar-refractivity contribution is 0.0572. The van der Waals surface area contributed by atoms with Crippen LogP contribution >= 0.6 is 11.6 Å². The number of halogens is 1. The van der Waals surface area contributed by atoms with E-state index in [1.807, 2.05) is 32.2 Å². The summed E-state index contributed by atoms with van der Waals surface area (Å²) in [5, 5.41) is 14.5. The van der Waals surface area contributed by atoms with Gasteiger partial charge in [-0.1, -0.05) is 36.6 Å². The topological polar surface area (TPSA) is 47.9 Å². The van der Waals surface area contributed by atoms with Gasteiger partial charge >= 0.3 is 0 Å². The van der Waals surface area contributed by atoms with Gasteiger partial charge in [0, 0.05) is 25.2 Å². The third-order valence-corrected chi connectivity index (χ3v) is 4.30. The number of nitrogens with one attached hydrogen (secondary N) is 1. The molecule has 0 unspecified atom stereocenters. The second-order valence-electron chi connectivity index (χ2n) is 6.09. The molecule has 1 aliphatic carbocycles. The van der Waals surface area contributed by atoms with Crippen molar-refractivity contribution in [3.63, 3.8) is 0 Å². The predicted octanol–water partition coefficient (Wildman–Crippen LogP) is 3.04. The Balaban J connectivity index is 2.02. The fourth-order valence-electron chi connectivity index (χ4n) is 2.87. The van der Waals surface area contributed by atoms with E-state index in [2.05, 4.69) is 21.3 Å². The third-order valence-electron chi connectivity index (χ3n) is 4.06. The van der Waals surface area contributed by atoms with Crippen molar-refractivity contribution < 1.29 is 5.11 Å². The molecule has 1 aliphatic rings. The molecule has 0 bridgehead atoms. The number of benzene rings is 1. The van der Waals surface area contributed by atoms with E-state index in [0.717, 1.165) is 55.3 Å². The van der Waals surface area contributed by atoms with Crippen LogP contribution in [0.1, 0.15) is 38.2 Å². The van der Waals surface area contributed by atoms with Gasteiger partial charge in [-0.3, -0.25) is 4.99 Å². The Morgan fingerprint density at radius 2 is 2.14 bits per heavy atom. The summed E-state index contributed by atoms with van der Waals surface area (Å²) in [6.07, 6.45) is 3.91. The second-order valence-corrected chi connectivity index (χ2v) is 6.52. The number of hydrogen-bond acceptors (Lipinski definition) is 2. The van der Waals surface area contributed by atoms with Gasteiger partial charge in [-0.15, -0.1) is 0 Å². The first-order valence-electron chi connectivity index (χ1n) is 7.99. The minimum atomic E-state index is -0.614. The van der Waals surface area contributed by atoms with Gasteiger partial charge in [-0.2, -0.15) is 0 Å². The fraction of sp³-hybridized carbons (Fsp3) is 0.588. The molecule has 0 radical (unpaired) electrons. The minimum Gasteiger partial charge on any atom is -0.388 e. The Bertz CT molecular complexity index is 512. The number of guanidine groups is 1. The zero-order chi connectivity index (χ0) is 16.0. The van der Waals surface area contributed by atoms with Crippen molar-refractivity contribution in [1.29, 1.82) is 0 Å². The largest absolute Gasteiger partial charge is 0.388 e. The molecule has 0 aliphatic heterocycles. The molecule has 0 aromatic heterocycles. The van der Waals surface area contributed by atoms with Crippen LogP contribution in [0.25, 0.3) is 0 Å². The van der Waals surface area contributed by atoms with Crippen LogP contribution < -0.4 is 5.32 Å². The lowest BCUT2D eigenvalue weighted by atomic mass is 10.0. The second kappa shape index (κ2) is 7.84. The van der Waals surface area contributed by atoms with Crippen LogP contribution in [0.2, 0.25) is 5.02 Å². The van der Waals surface area contributed by atoms with Crippen molar-refractivity contribution in [3.8, 4) is 0 Å². The van der Waals surface area contributed by atoms with Crippen LogP contribution in [0.4, 0.5) is 0 Å². The molecule has 0 atom stereocenters. The van der Waals surface area contributed by atoms with Crippen molar-refractivity contribution in [2.45, 2.75) is 44.8 Å². The van der Waals surface area contributed by atoms with E-state index >= 15 is 0 Å². The molecular formula is C17H26ClN3O. The molecular weight excluding hydrogens is 298 g/mol. The maximum atomic E-state index is 10.4. The highest BCUT2D eigenvalue weighted by atomic mass is 35.5. The van der Waals surface area contributed by atoms with Gasteiger partial charge in [0.2, 0.25) is 0 Å². The van der Waals surface area contributed by atoms with Crippen LogP contribution in [0, 0.1) is 0 Å². The Labute approximate surface area is 138 Å². The molecule has 122 valence electrons. The maximum absolute atomic E-state index is 10.4. The van der Waals surface area contributed by atoms with Gasteiger partial charge in [-0.25, -0.2) is 0 Å². The first-order valence-corrected chi connectivity index (χ1v) is 8.36. The Morgan fingerprint density at radius 1 is 1.41 bits per heavy atom. The monoisotopic (exact) mass is 323 g/mol. The van der Waals surface area contributed by atoms with Crippen molar-refractivity contribution in [2.75, 3.05) is 20.1 Å². The average Bonchev–Trinajstić information content (AvgIpc) is 2.90. The van der Waals surface area contributed by atoms with Crippen LogP contribution in [0.15, 0.2) is 29.3 Å². The predicted molar refractivity (Wildman–Crippen MR) is 92.3 cm³/mol. The molecule has 2 rings (SSSR count). The zero-order valence-electron chi connectivity index (χ0n) is 13.5. The van der Waals surface area contributed by atoms with E-state index in [1.54, 1.807) is 0 Å². The average molecular weight is 324 g/mol. The zero-order valence-corrected chi connectivity index (χ0v) is 14.2. The fourth-order valence-corrected chi connectivity index (χ4v) is 3.08. The van der Waals surface area contributed by atoms with Crippen molar-refractivity contribution in [1.82, 2.24) is 10.2 Å². The van der Waals surface area contributed by atoms with Gasteiger partial charge < -0.3 is 15.3 Å². The molecule has 5 heteroatoms. The molecule has 0 saturated heterocycles. The summed E-state index contributed by atoms with van der Waals surface area (Å²) in [4.78, 5) is 6.70. The molecule has 1 aromatic rings. The van der Waals surface area contributed by atoms with Crippen molar-refractivity contribution >= 4 is 17.6 Å². The number of rotatable bonds is 5. The molecule has 4 nitrogen and oxygen atoms in total. The highest BCUT2D eigenvalue weighted by Gasteiger charge is 2.30. The van der Waals surface area contributed by atoms with E-state index < -0.39 is 5.60 Å². The van der Waals surface area contributed by atoms with Crippen LogP contribution in [-0.4, -0.2) is 41.7 Å². The summed E-state index contributed by atoms with van der Waals surface area (Å²) >= 11 is 6.04. The maximum Gasteiger partial charge on any atom is 0.194 e. The third kappa shape index (κ3) is 4.89. The molecule has 0 spiro atoms. The smallest absolute Gasteiger partial charge is 0.194 e. The first-order chi connectivity index (χ1) is 10.5. The van der Waals surface area contributed by atoms with E-state index in [9.17, 15) is 5.11 Å². The highest BCUT2D eigenvalue weighted by Crippen LogP contribution is 2.29. The van der Waals surface area contributed by atoms with Crippen molar-refractivity contribution in [2.24, 2.45) is 4.99 Å². The van der Waals surface area contributed by atoms with Gasteiger partial charge in [0.05, 0.1) is 12.1 Å². The van der Waals surface area contributed by atoms with E-state index in [4.69, 9.17) is 11.6 Å². The molecule has 0 heterocycles. The molecule has 2 N–H and O–H groups in total. The SMILES string of the molecule is CCNC(=NCC1(O)CCCC1)N(C)Cc1cccc(Cl)c1. The lowest BCUT2D eigenvalue weighted by Gasteiger charge is -2.25. The van der Waals surface area contributed by atoms with Crippen LogP contribution in [0.3, 0.4) is 0 Å². The molecule has 1 saturated carbocycles. The Kier molecular flexibility index (Phi) is 6.09. The minimum absolute atomic E-state index is 0.467. The highest BCUT2D eigenvalue weighted by molar-refractivity contribution is 6.30. The summed E-state index contributed by atoms with van der Waals surface area (Å²) in [5.41, 5.74) is 0.526. The lowest BCUT2D eigenvalue weighted by Crippen LogP contribution is -2.40. The van der Waals surface area contributed by atoms with Crippen molar-refractivity contribution in [3.05, 3.63) is 34.9 Å². The van der Waals surface area contributed by atoms with E-state index in [-0.39, 0.29) is 0 Å². The quantitative estimate of drug-likeness (QED) is 0.647. The summed E-state index contributed by atoms with van der Waals surface area (Å²) in [6, 6.07) is 7.85. The molecule has 22 heavy (non-hydrogen) atoms. The summed E-state index contributed by atoms with van der Waals surface area (Å²) in [6.45, 7) is 4.05. The van der Waals surface area contributed by atoms with E-state index in [0.29, 0.717) is 6.54 Å². The molecule has 1 aromatic carbocycles. The van der Waals surface area contributed by atoms with Gasteiger partial charge in [0.1, 0.15) is 0 Å². The van der Waals surface area contributed by atoms with Gasteiger partial charge in [-0.05, 0) is 37.5 Å². The van der Waals surface area contributed by atoms with Crippen LogP contribution in [0.5, 0.6) is 0 Å². The van der Waals surface area contributed by atoms with Gasteiger partial charge in [0.15, 0.2) is 5.96 Å². The summed E-state index contributed by atoms with van der Waals surface area (Å²) < 4.78 is 0. The standard InChI is InChI=1S/C17H26ClN3O/c1-3-19-16(20-13-17(22)9-4-5-10-17)21(2)12-14-7-6-8-15(18)11-14/h6-8,11,22H,3-5,9-10,12-13H2,1-2H3,(H,19,20). The summed E-state index contributed by atoms with van der Waals surface area (Å²) in [7, 11) is 2.00.